The largest absolute Gasteiger partial charge is 0.429 e. The van der Waals surface area contributed by atoms with Gasteiger partial charge in [-0.15, -0.1) is 0 Å². The molecule has 0 spiro atoms. The van der Waals surface area contributed by atoms with Gasteiger partial charge in [-0.1, -0.05) is 43.4 Å². The maximum Gasteiger partial charge on any atom is 0.429 e. The SMILES string of the molecule is CCCCCc1cc(F)c(C#Cc2cc(F)c(C#Cc3ccc(C(F)(F)Oc4cc(F)c(F)c(F)c4)c(F)c3)c(F)c2)c(F)c1. The third-order valence-electron chi connectivity index (χ3n) is 6.36. The van der Waals surface area contributed by atoms with E-state index >= 15 is 0 Å². The highest BCUT2D eigenvalue weighted by Gasteiger charge is 2.38. The van der Waals surface area contributed by atoms with E-state index in [1.807, 2.05) is 6.92 Å². The second kappa shape index (κ2) is 13.8. The number of hydrogen-bond acceptors (Lipinski definition) is 1. The van der Waals surface area contributed by atoms with Crippen LogP contribution in [0, 0.1) is 70.2 Å². The Morgan fingerprint density at radius 3 is 1.62 bits per heavy atom. The van der Waals surface area contributed by atoms with E-state index in [1.165, 1.54) is 0 Å². The molecule has 4 aromatic carbocycles. The Bertz CT molecular complexity index is 1810. The molecular weight excluding hydrogens is 614 g/mol. The van der Waals surface area contributed by atoms with Crippen molar-refractivity contribution in [1.82, 2.24) is 0 Å². The number of alkyl halides is 2. The van der Waals surface area contributed by atoms with Gasteiger partial charge in [0.05, 0.1) is 11.1 Å². The summed E-state index contributed by atoms with van der Waals surface area (Å²) in [5.41, 5.74) is -2.83. The van der Waals surface area contributed by atoms with Gasteiger partial charge >= 0.3 is 6.11 Å². The molecule has 0 aliphatic carbocycles. The predicted octanol–water partition coefficient (Wildman–Crippen LogP) is 9.46. The maximum atomic E-state index is 14.7. The third-order valence-corrected chi connectivity index (χ3v) is 6.36. The van der Waals surface area contributed by atoms with Gasteiger partial charge in [0, 0.05) is 23.3 Å². The lowest BCUT2D eigenvalue weighted by molar-refractivity contribution is -0.187. The molecule has 0 heterocycles. The van der Waals surface area contributed by atoms with Gasteiger partial charge < -0.3 is 4.74 Å². The van der Waals surface area contributed by atoms with Crippen molar-refractivity contribution < 1.29 is 48.6 Å². The van der Waals surface area contributed by atoms with Gasteiger partial charge in [0.1, 0.15) is 40.4 Å². The molecule has 0 aromatic heterocycles. The van der Waals surface area contributed by atoms with Crippen LogP contribution in [0.1, 0.15) is 59.6 Å². The van der Waals surface area contributed by atoms with E-state index in [0.717, 1.165) is 49.6 Å². The molecule has 0 fully saturated rings. The third kappa shape index (κ3) is 7.98. The Kier molecular flexibility index (Phi) is 10.1. The Morgan fingerprint density at radius 2 is 1.09 bits per heavy atom. The zero-order valence-electron chi connectivity index (χ0n) is 23.2. The standard InChI is InChI=1S/C34H20F10O/c1-2-3-4-5-20-13-26(35)24(27(36)14-20)10-7-21-15-28(37)23(29(38)16-21)9-6-19-8-11-25(30(39)12-19)34(43,44)45-22-17-31(40)33(42)32(41)18-22/h8,11-18H,2-5H2,1H3. The number of hydrogen-bond donors (Lipinski definition) is 0. The van der Waals surface area contributed by atoms with E-state index in [9.17, 15) is 43.9 Å². The molecule has 0 radical (unpaired) electrons. The van der Waals surface area contributed by atoms with Crippen LogP contribution in [0.2, 0.25) is 0 Å². The van der Waals surface area contributed by atoms with Crippen LogP contribution in [0.4, 0.5) is 43.9 Å². The molecule has 4 rings (SSSR count). The van der Waals surface area contributed by atoms with Crippen LogP contribution in [0.25, 0.3) is 0 Å². The summed E-state index contributed by atoms with van der Waals surface area (Å²) in [6, 6.07) is 6.01. The molecule has 0 amide bonds. The van der Waals surface area contributed by atoms with E-state index in [2.05, 4.69) is 28.4 Å². The second-order valence-electron chi connectivity index (χ2n) is 9.72. The molecule has 1 nitrogen and oxygen atoms in total. The first-order chi connectivity index (χ1) is 21.3. The van der Waals surface area contributed by atoms with Crippen molar-refractivity contribution in [3.05, 3.63) is 135 Å². The normalized spacial score (nSPS) is 11.0. The number of ether oxygens (including phenoxy) is 1. The maximum absolute atomic E-state index is 14.7. The minimum Gasteiger partial charge on any atom is -0.429 e. The van der Waals surface area contributed by atoms with Crippen LogP contribution < -0.4 is 4.74 Å². The zero-order chi connectivity index (χ0) is 32.9. The lowest BCUT2D eigenvalue weighted by Gasteiger charge is -2.19. The number of unbranched alkanes of at least 4 members (excludes halogenated alkanes) is 2. The smallest absolute Gasteiger partial charge is 0.429 e. The summed E-state index contributed by atoms with van der Waals surface area (Å²) in [5.74, 6) is -3.64. The monoisotopic (exact) mass is 634 g/mol. The van der Waals surface area contributed by atoms with E-state index in [4.69, 9.17) is 0 Å². The first-order valence-corrected chi connectivity index (χ1v) is 13.3. The lowest BCUT2D eigenvalue weighted by Crippen LogP contribution is -2.23. The Labute approximate surface area is 251 Å². The van der Waals surface area contributed by atoms with Crippen LogP contribution >= 0.6 is 0 Å². The quantitative estimate of drug-likeness (QED) is 0.0852. The highest BCUT2D eigenvalue weighted by atomic mass is 19.3. The molecule has 45 heavy (non-hydrogen) atoms. The van der Waals surface area contributed by atoms with E-state index in [-0.39, 0.29) is 23.3 Å². The van der Waals surface area contributed by atoms with Crippen LogP contribution in [0.15, 0.2) is 54.6 Å². The fourth-order valence-electron chi connectivity index (χ4n) is 4.13. The lowest BCUT2D eigenvalue weighted by atomic mass is 10.0. The summed E-state index contributed by atoms with van der Waals surface area (Å²) >= 11 is 0. The van der Waals surface area contributed by atoms with Gasteiger partial charge in [0.25, 0.3) is 0 Å². The Morgan fingerprint density at radius 1 is 0.578 bits per heavy atom. The Balaban J connectivity index is 1.53. The molecule has 0 bridgehead atoms. The van der Waals surface area contributed by atoms with E-state index in [0.29, 0.717) is 24.1 Å². The van der Waals surface area contributed by atoms with Crippen molar-refractivity contribution in [3.8, 4) is 29.4 Å². The van der Waals surface area contributed by atoms with E-state index in [1.54, 1.807) is 0 Å². The molecule has 0 atom stereocenters. The number of aryl methyl sites for hydroxylation is 1. The second-order valence-corrected chi connectivity index (χ2v) is 9.72. The van der Waals surface area contributed by atoms with Crippen LogP contribution in [0.5, 0.6) is 5.75 Å². The minimum atomic E-state index is -4.47. The fraction of sp³-hybridized carbons (Fsp3) is 0.176. The van der Waals surface area contributed by atoms with Crippen molar-refractivity contribution in [1.29, 1.82) is 0 Å². The first kappa shape index (κ1) is 33.0. The van der Waals surface area contributed by atoms with Gasteiger partial charge in [0.2, 0.25) is 0 Å². The molecule has 11 heteroatoms. The Hall–Kier alpha value is -4.90. The summed E-state index contributed by atoms with van der Waals surface area (Å²) in [4.78, 5) is 0. The van der Waals surface area contributed by atoms with Crippen LogP contribution in [-0.2, 0) is 12.5 Å². The predicted molar refractivity (Wildman–Crippen MR) is 145 cm³/mol. The average Bonchev–Trinajstić information content (AvgIpc) is 2.95. The summed E-state index contributed by atoms with van der Waals surface area (Å²) in [7, 11) is 0. The molecule has 232 valence electrons. The first-order valence-electron chi connectivity index (χ1n) is 13.3. The molecule has 0 aliphatic heterocycles. The zero-order valence-corrected chi connectivity index (χ0v) is 23.2. The summed E-state index contributed by atoms with van der Waals surface area (Å²) in [5, 5.41) is 0. The molecule has 0 saturated heterocycles. The fourth-order valence-corrected chi connectivity index (χ4v) is 4.13. The van der Waals surface area contributed by atoms with E-state index < -0.39 is 75.1 Å². The van der Waals surface area contributed by atoms with Crippen LogP contribution in [0.3, 0.4) is 0 Å². The minimum absolute atomic E-state index is 0.146. The number of benzene rings is 4. The molecule has 4 aromatic rings. The number of rotatable bonds is 7. The highest BCUT2D eigenvalue weighted by molar-refractivity contribution is 5.50. The molecule has 0 N–H and O–H groups in total. The number of halogens is 10. The van der Waals surface area contributed by atoms with Crippen molar-refractivity contribution in [2.45, 2.75) is 38.7 Å². The van der Waals surface area contributed by atoms with Crippen LogP contribution in [-0.4, -0.2) is 0 Å². The van der Waals surface area contributed by atoms with Gasteiger partial charge in [0.15, 0.2) is 17.5 Å². The summed E-state index contributed by atoms with van der Waals surface area (Å²) in [6.07, 6.45) is -1.40. The van der Waals surface area contributed by atoms with Crippen molar-refractivity contribution in [2.24, 2.45) is 0 Å². The molecular formula is C34H20F10O. The van der Waals surface area contributed by atoms with Gasteiger partial charge in [-0.3, -0.25) is 0 Å². The molecule has 0 saturated carbocycles. The van der Waals surface area contributed by atoms with Gasteiger partial charge in [-0.2, -0.15) is 8.78 Å². The van der Waals surface area contributed by atoms with Crippen molar-refractivity contribution in [2.75, 3.05) is 0 Å². The highest BCUT2D eigenvalue weighted by Crippen LogP contribution is 2.34. The molecule has 0 unspecified atom stereocenters. The average molecular weight is 635 g/mol. The summed E-state index contributed by atoms with van der Waals surface area (Å²) < 4.78 is 146. The van der Waals surface area contributed by atoms with Gasteiger partial charge in [-0.25, -0.2) is 35.1 Å². The van der Waals surface area contributed by atoms with Crippen molar-refractivity contribution in [3.63, 3.8) is 0 Å². The molecule has 0 aliphatic rings. The summed E-state index contributed by atoms with van der Waals surface area (Å²) in [6.45, 7) is 1.99. The van der Waals surface area contributed by atoms with Gasteiger partial charge in [-0.05, 0) is 60.9 Å². The van der Waals surface area contributed by atoms with Crippen molar-refractivity contribution >= 4 is 0 Å². The topological polar surface area (TPSA) is 9.23 Å².